The Bertz CT molecular complexity index is 540. The Balaban J connectivity index is 1.42. The number of aromatic nitrogens is 2. The molecule has 1 aliphatic carbocycles. The van der Waals surface area contributed by atoms with Gasteiger partial charge in [-0.2, -0.15) is 0 Å². The molecule has 0 unspecified atom stereocenters. The molecule has 1 N–H and O–H groups in total. The maximum Gasteiger partial charge on any atom is 0.223 e. The number of anilines is 1. The number of fused-ring (bicyclic) bond motifs is 1. The lowest BCUT2D eigenvalue weighted by molar-refractivity contribution is 0.124. The van der Waals surface area contributed by atoms with Crippen LogP contribution >= 0.6 is 0 Å². The largest absolute Gasteiger partial charge is 0.381 e. The molecule has 0 atom stereocenters. The van der Waals surface area contributed by atoms with Gasteiger partial charge in [-0.3, -0.25) is 0 Å². The Hall–Kier alpha value is -1.68. The summed E-state index contributed by atoms with van der Waals surface area (Å²) in [5, 5.41) is 4.31. The van der Waals surface area contributed by atoms with Gasteiger partial charge in [-0.1, -0.05) is 18.2 Å². The average Bonchev–Trinajstić information content (AvgIpc) is 3.27. The van der Waals surface area contributed by atoms with Gasteiger partial charge in [-0.25, -0.2) is 9.97 Å². The molecule has 0 spiro atoms. The Morgan fingerprint density at radius 3 is 3.05 bits per heavy atom. The SMILES string of the molecule is c1ccc2nc(NCCCOCC3CC3)ncc2c1. The molecule has 1 aromatic carbocycles. The van der Waals surface area contributed by atoms with Crippen LogP contribution in [0.3, 0.4) is 0 Å². The van der Waals surface area contributed by atoms with Crippen molar-refractivity contribution in [3.8, 4) is 0 Å². The zero-order valence-electron chi connectivity index (χ0n) is 11.0. The molecular weight excluding hydrogens is 238 g/mol. The quantitative estimate of drug-likeness (QED) is 0.775. The molecule has 3 rings (SSSR count). The summed E-state index contributed by atoms with van der Waals surface area (Å²) in [5.74, 6) is 1.54. The third-order valence-corrected chi connectivity index (χ3v) is 3.29. The van der Waals surface area contributed by atoms with Gasteiger partial charge in [-0.15, -0.1) is 0 Å². The first kappa shape index (κ1) is 12.4. The van der Waals surface area contributed by atoms with Gasteiger partial charge in [0.05, 0.1) is 5.52 Å². The van der Waals surface area contributed by atoms with Gasteiger partial charge in [0.2, 0.25) is 5.95 Å². The van der Waals surface area contributed by atoms with Crippen LogP contribution in [0, 0.1) is 5.92 Å². The van der Waals surface area contributed by atoms with Crippen LogP contribution in [0.15, 0.2) is 30.5 Å². The molecule has 0 amide bonds. The Kier molecular flexibility index (Phi) is 3.89. The first-order chi connectivity index (χ1) is 9.42. The molecule has 0 bridgehead atoms. The van der Waals surface area contributed by atoms with E-state index in [2.05, 4.69) is 15.3 Å². The van der Waals surface area contributed by atoms with E-state index >= 15 is 0 Å². The molecular formula is C15H19N3O. The Labute approximate surface area is 113 Å². The van der Waals surface area contributed by atoms with E-state index in [1.807, 2.05) is 30.5 Å². The van der Waals surface area contributed by atoms with E-state index in [1.54, 1.807) is 0 Å². The monoisotopic (exact) mass is 257 g/mol. The average molecular weight is 257 g/mol. The number of nitrogens with one attached hydrogen (secondary N) is 1. The molecule has 1 aliphatic rings. The summed E-state index contributed by atoms with van der Waals surface area (Å²) >= 11 is 0. The number of hydrogen-bond donors (Lipinski definition) is 1. The van der Waals surface area contributed by atoms with Crippen molar-refractivity contribution in [1.29, 1.82) is 0 Å². The number of benzene rings is 1. The predicted octanol–water partition coefficient (Wildman–Crippen LogP) is 2.86. The van der Waals surface area contributed by atoms with Crippen molar-refractivity contribution in [2.75, 3.05) is 25.1 Å². The lowest BCUT2D eigenvalue weighted by Crippen LogP contribution is -2.09. The van der Waals surface area contributed by atoms with Crippen LogP contribution in [0.1, 0.15) is 19.3 Å². The van der Waals surface area contributed by atoms with Crippen LogP contribution in [-0.4, -0.2) is 29.7 Å². The van der Waals surface area contributed by atoms with E-state index in [4.69, 9.17) is 4.74 Å². The predicted molar refractivity (Wildman–Crippen MR) is 76.2 cm³/mol. The van der Waals surface area contributed by atoms with Crippen molar-refractivity contribution in [3.63, 3.8) is 0 Å². The van der Waals surface area contributed by atoms with Gasteiger partial charge in [0.1, 0.15) is 0 Å². The summed E-state index contributed by atoms with van der Waals surface area (Å²) in [6.45, 7) is 2.60. The fourth-order valence-corrected chi connectivity index (χ4v) is 1.97. The van der Waals surface area contributed by atoms with E-state index in [-0.39, 0.29) is 0 Å². The summed E-state index contributed by atoms with van der Waals surface area (Å²) < 4.78 is 5.58. The van der Waals surface area contributed by atoms with E-state index in [9.17, 15) is 0 Å². The van der Waals surface area contributed by atoms with Crippen molar-refractivity contribution in [2.24, 2.45) is 5.92 Å². The van der Waals surface area contributed by atoms with Gasteiger partial charge in [-0.05, 0) is 31.2 Å². The highest BCUT2D eigenvalue weighted by Crippen LogP contribution is 2.28. The smallest absolute Gasteiger partial charge is 0.223 e. The van der Waals surface area contributed by atoms with Crippen LogP contribution in [-0.2, 0) is 4.74 Å². The molecule has 4 nitrogen and oxygen atoms in total. The van der Waals surface area contributed by atoms with Crippen LogP contribution in [0.4, 0.5) is 5.95 Å². The van der Waals surface area contributed by atoms with E-state index < -0.39 is 0 Å². The minimum atomic E-state index is 0.695. The molecule has 0 aliphatic heterocycles. The normalized spacial score (nSPS) is 14.7. The third kappa shape index (κ3) is 3.64. The lowest BCUT2D eigenvalue weighted by atomic mass is 10.2. The topological polar surface area (TPSA) is 47.0 Å². The van der Waals surface area contributed by atoms with Gasteiger partial charge < -0.3 is 10.1 Å². The van der Waals surface area contributed by atoms with Crippen LogP contribution < -0.4 is 5.32 Å². The van der Waals surface area contributed by atoms with Crippen molar-refractivity contribution in [3.05, 3.63) is 30.5 Å². The second-order valence-electron chi connectivity index (χ2n) is 5.05. The van der Waals surface area contributed by atoms with Crippen molar-refractivity contribution >= 4 is 16.9 Å². The molecule has 1 saturated carbocycles. The molecule has 0 radical (unpaired) electrons. The highest BCUT2D eigenvalue weighted by Gasteiger charge is 2.20. The molecule has 1 aromatic heterocycles. The maximum atomic E-state index is 5.58. The van der Waals surface area contributed by atoms with Crippen molar-refractivity contribution in [2.45, 2.75) is 19.3 Å². The fraction of sp³-hybridized carbons (Fsp3) is 0.467. The zero-order chi connectivity index (χ0) is 12.9. The summed E-state index contributed by atoms with van der Waals surface area (Å²) in [7, 11) is 0. The Morgan fingerprint density at radius 2 is 2.16 bits per heavy atom. The van der Waals surface area contributed by atoms with Gasteiger partial charge in [0.25, 0.3) is 0 Å². The highest BCUT2D eigenvalue weighted by molar-refractivity contribution is 5.78. The van der Waals surface area contributed by atoms with E-state index in [0.29, 0.717) is 5.95 Å². The van der Waals surface area contributed by atoms with Gasteiger partial charge in [0.15, 0.2) is 0 Å². The van der Waals surface area contributed by atoms with E-state index in [1.165, 1.54) is 12.8 Å². The fourth-order valence-electron chi connectivity index (χ4n) is 1.97. The molecule has 2 aromatic rings. The zero-order valence-corrected chi connectivity index (χ0v) is 11.0. The maximum absolute atomic E-state index is 5.58. The molecule has 100 valence electrons. The summed E-state index contributed by atoms with van der Waals surface area (Å²) in [6.07, 6.45) is 5.55. The van der Waals surface area contributed by atoms with Crippen molar-refractivity contribution in [1.82, 2.24) is 9.97 Å². The number of hydrogen-bond acceptors (Lipinski definition) is 4. The van der Waals surface area contributed by atoms with Crippen molar-refractivity contribution < 1.29 is 4.74 Å². The first-order valence-corrected chi connectivity index (χ1v) is 6.95. The molecule has 4 heteroatoms. The third-order valence-electron chi connectivity index (χ3n) is 3.29. The van der Waals surface area contributed by atoms with Gasteiger partial charge in [0, 0.05) is 31.3 Å². The summed E-state index contributed by atoms with van der Waals surface area (Å²) in [6, 6.07) is 8.01. The van der Waals surface area contributed by atoms with Crippen LogP contribution in [0.2, 0.25) is 0 Å². The van der Waals surface area contributed by atoms with Crippen LogP contribution in [0.5, 0.6) is 0 Å². The molecule has 0 saturated heterocycles. The molecule has 1 heterocycles. The first-order valence-electron chi connectivity index (χ1n) is 6.95. The number of nitrogens with zero attached hydrogens (tertiary/aromatic N) is 2. The second kappa shape index (κ2) is 5.97. The van der Waals surface area contributed by atoms with Crippen LogP contribution in [0.25, 0.3) is 10.9 Å². The second-order valence-corrected chi connectivity index (χ2v) is 5.05. The number of rotatable bonds is 7. The highest BCUT2D eigenvalue weighted by atomic mass is 16.5. The standard InChI is InChI=1S/C15H19N3O/c1-2-5-14-13(4-1)10-17-15(18-14)16-8-3-9-19-11-12-6-7-12/h1-2,4-5,10,12H,3,6-9,11H2,(H,16,17,18). The minimum absolute atomic E-state index is 0.695. The minimum Gasteiger partial charge on any atom is -0.381 e. The number of para-hydroxylation sites is 1. The van der Waals surface area contributed by atoms with E-state index in [0.717, 1.165) is 43.0 Å². The summed E-state index contributed by atoms with van der Waals surface area (Å²) in [5.41, 5.74) is 0.977. The Morgan fingerprint density at radius 1 is 1.26 bits per heavy atom. The summed E-state index contributed by atoms with van der Waals surface area (Å²) in [4.78, 5) is 8.77. The molecule has 1 fully saturated rings. The molecule has 19 heavy (non-hydrogen) atoms. The number of ether oxygens (including phenoxy) is 1. The van der Waals surface area contributed by atoms with Gasteiger partial charge >= 0.3 is 0 Å². The lowest BCUT2D eigenvalue weighted by Gasteiger charge is -2.06.